The van der Waals surface area contributed by atoms with Crippen LogP contribution >= 0.6 is 0 Å². The summed E-state index contributed by atoms with van der Waals surface area (Å²) in [6.45, 7) is 0. The van der Waals surface area contributed by atoms with E-state index in [0.717, 1.165) is 18.2 Å². The molecule has 0 saturated carbocycles. The van der Waals surface area contributed by atoms with Crippen LogP contribution < -0.4 is 14.0 Å². The van der Waals surface area contributed by atoms with Gasteiger partial charge in [-0.1, -0.05) is 0 Å². The van der Waals surface area contributed by atoms with Crippen LogP contribution in [0.4, 0.5) is 43.9 Å². The Balaban J connectivity index is 1.64. The molecule has 5 rings (SSSR count). The first-order valence-corrected chi connectivity index (χ1v) is 10.9. The summed E-state index contributed by atoms with van der Waals surface area (Å²) in [5.41, 5.74) is 0. The summed E-state index contributed by atoms with van der Waals surface area (Å²) in [6.07, 6.45) is 0. The SMILES string of the molecule is Fc1ccc(OB(Oc2ccc(F)c3c(F)c(F)ccc23)Oc2ccc(F)c3c(F)c(F)c(F)cc23)c(F)c1F. The highest BCUT2D eigenvalue weighted by Crippen LogP contribution is 2.35. The van der Waals surface area contributed by atoms with E-state index in [1.165, 1.54) is 0 Å². The fourth-order valence-electron chi connectivity index (χ4n) is 3.84. The van der Waals surface area contributed by atoms with Crippen molar-refractivity contribution in [1.82, 2.24) is 0 Å². The van der Waals surface area contributed by atoms with Crippen LogP contribution in [0.25, 0.3) is 21.5 Å². The molecule has 0 aliphatic heterocycles. The Morgan fingerprint density at radius 1 is 0.375 bits per heavy atom. The Hall–Kier alpha value is -4.62. The number of fused-ring (bicyclic) bond motifs is 2. The molecular formula is C26H9BF10O3. The van der Waals surface area contributed by atoms with E-state index in [9.17, 15) is 43.9 Å². The van der Waals surface area contributed by atoms with Crippen molar-refractivity contribution in [3.8, 4) is 17.2 Å². The predicted molar refractivity (Wildman–Crippen MR) is 122 cm³/mol. The Morgan fingerprint density at radius 2 is 0.825 bits per heavy atom. The molecule has 0 amide bonds. The molecule has 5 aromatic rings. The average Bonchev–Trinajstić information content (AvgIpc) is 2.92. The van der Waals surface area contributed by atoms with E-state index in [1.807, 2.05) is 0 Å². The lowest BCUT2D eigenvalue weighted by Gasteiger charge is -2.19. The monoisotopic (exact) mass is 570 g/mol. The van der Waals surface area contributed by atoms with Gasteiger partial charge in [-0.25, -0.2) is 39.5 Å². The molecule has 0 N–H and O–H groups in total. The zero-order valence-corrected chi connectivity index (χ0v) is 19.3. The molecule has 0 heterocycles. The molecule has 0 fully saturated rings. The first-order valence-electron chi connectivity index (χ1n) is 10.9. The Morgan fingerprint density at radius 3 is 1.48 bits per heavy atom. The van der Waals surface area contributed by atoms with Crippen molar-refractivity contribution in [3.05, 3.63) is 113 Å². The van der Waals surface area contributed by atoms with E-state index in [-0.39, 0.29) is 0 Å². The second kappa shape index (κ2) is 10.2. The van der Waals surface area contributed by atoms with E-state index in [2.05, 4.69) is 0 Å². The maximum Gasteiger partial charge on any atom is 0.864 e. The third-order valence-corrected chi connectivity index (χ3v) is 5.70. The average molecular weight is 570 g/mol. The van der Waals surface area contributed by atoms with Crippen molar-refractivity contribution in [2.24, 2.45) is 0 Å². The first kappa shape index (κ1) is 27.0. The summed E-state index contributed by atoms with van der Waals surface area (Å²) in [7, 11) is -2.33. The largest absolute Gasteiger partial charge is 0.864 e. The highest BCUT2D eigenvalue weighted by molar-refractivity contribution is 6.40. The topological polar surface area (TPSA) is 27.7 Å². The smallest absolute Gasteiger partial charge is 0.489 e. The molecular weight excluding hydrogens is 561 g/mol. The number of hydrogen-bond donors (Lipinski definition) is 0. The van der Waals surface area contributed by atoms with Crippen LogP contribution in [0.1, 0.15) is 0 Å². The molecule has 0 bridgehead atoms. The Labute approximate surface area is 217 Å². The lowest BCUT2D eigenvalue weighted by molar-refractivity contribution is 0.298. The van der Waals surface area contributed by atoms with Crippen LogP contribution in [0.3, 0.4) is 0 Å². The van der Waals surface area contributed by atoms with Crippen LogP contribution in [0.2, 0.25) is 0 Å². The normalized spacial score (nSPS) is 11.2. The highest BCUT2D eigenvalue weighted by Gasteiger charge is 2.35. The molecule has 0 aliphatic rings. The molecule has 40 heavy (non-hydrogen) atoms. The van der Waals surface area contributed by atoms with Gasteiger partial charge in [0, 0.05) is 10.8 Å². The Bertz CT molecular complexity index is 1810. The number of hydrogen-bond acceptors (Lipinski definition) is 3. The molecule has 0 aliphatic carbocycles. The Kier molecular flexibility index (Phi) is 6.86. The van der Waals surface area contributed by atoms with E-state index < -0.39 is 104 Å². The third kappa shape index (κ3) is 4.59. The lowest BCUT2D eigenvalue weighted by Crippen LogP contribution is -2.37. The molecule has 0 saturated heterocycles. The first-order chi connectivity index (χ1) is 19.0. The van der Waals surface area contributed by atoms with Crippen LogP contribution in [-0.4, -0.2) is 7.32 Å². The van der Waals surface area contributed by atoms with Gasteiger partial charge in [0.1, 0.15) is 28.9 Å². The second-order valence-electron chi connectivity index (χ2n) is 8.10. The van der Waals surface area contributed by atoms with Gasteiger partial charge < -0.3 is 14.0 Å². The fourth-order valence-corrected chi connectivity index (χ4v) is 3.84. The standard InChI is InChI=1S/C26H9BF10O3/c28-12-3-6-17(10-1-2-14(30)22(33)20(10)12)38-27(40-19-8-5-15(31)23(34)25(19)36)39-18-7-4-13(29)21-11(18)9-16(32)24(35)26(21)37/h1-9H. The summed E-state index contributed by atoms with van der Waals surface area (Å²) < 4.78 is 156. The van der Waals surface area contributed by atoms with Gasteiger partial charge in [0.05, 0.1) is 10.8 Å². The maximum atomic E-state index is 14.4. The molecule has 0 radical (unpaired) electrons. The van der Waals surface area contributed by atoms with Gasteiger partial charge in [0.15, 0.2) is 40.7 Å². The highest BCUT2D eigenvalue weighted by atomic mass is 19.2. The minimum atomic E-state index is -2.33. The molecule has 204 valence electrons. The van der Waals surface area contributed by atoms with Crippen molar-refractivity contribution in [2.75, 3.05) is 0 Å². The summed E-state index contributed by atoms with van der Waals surface area (Å²) in [4.78, 5) is 0. The molecule has 0 spiro atoms. The second-order valence-corrected chi connectivity index (χ2v) is 8.10. The number of rotatable bonds is 6. The van der Waals surface area contributed by atoms with Gasteiger partial charge in [-0.15, -0.1) is 0 Å². The van der Waals surface area contributed by atoms with E-state index in [0.29, 0.717) is 36.4 Å². The van der Waals surface area contributed by atoms with Crippen molar-refractivity contribution in [2.45, 2.75) is 0 Å². The van der Waals surface area contributed by atoms with Crippen molar-refractivity contribution < 1.29 is 57.9 Å². The molecule has 0 unspecified atom stereocenters. The van der Waals surface area contributed by atoms with Gasteiger partial charge in [0.25, 0.3) is 0 Å². The van der Waals surface area contributed by atoms with E-state index in [4.69, 9.17) is 14.0 Å². The quantitative estimate of drug-likeness (QED) is 0.118. The van der Waals surface area contributed by atoms with Crippen molar-refractivity contribution >= 4 is 28.9 Å². The molecule has 0 atom stereocenters. The van der Waals surface area contributed by atoms with Crippen LogP contribution in [0, 0.1) is 58.2 Å². The zero-order valence-electron chi connectivity index (χ0n) is 19.3. The summed E-state index contributed by atoms with van der Waals surface area (Å²) >= 11 is 0. The van der Waals surface area contributed by atoms with Crippen molar-refractivity contribution in [1.29, 1.82) is 0 Å². The van der Waals surface area contributed by atoms with E-state index in [1.54, 1.807) is 0 Å². The van der Waals surface area contributed by atoms with Gasteiger partial charge >= 0.3 is 7.32 Å². The third-order valence-electron chi connectivity index (χ3n) is 5.70. The molecule has 3 nitrogen and oxygen atoms in total. The minimum Gasteiger partial charge on any atom is -0.489 e. The zero-order chi connectivity index (χ0) is 28.9. The maximum absolute atomic E-state index is 14.4. The van der Waals surface area contributed by atoms with Crippen LogP contribution in [0.15, 0.2) is 54.6 Å². The van der Waals surface area contributed by atoms with Gasteiger partial charge in [-0.05, 0) is 54.6 Å². The minimum absolute atomic E-state index is 0.368. The van der Waals surface area contributed by atoms with Crippen LogP contribution in [-0.2, 0) is 0 Å². The van der Waals surface area contributed by atoms with Gasteiger partial charge in [-0.2, -0.15) is 4.39 Å². The van der Waals surface area contributed by atoms with Gasteiger partial charge in [0.2, 0.25) is 5.82 Å². The fraction of sp³-hybridized carbons (Fsp3) is 0. The molecule has 0 aromatic heterocycles. The van der Waals surface area contributed by atoms with Gasteiger partial charge in [-0.3, -0.25) is 0 Å². The summed E-state index contributed by atoms with van der Waals surface area (Å²) in [6, 6.07) is 5.94. The molecule has 14 heteroatoms. The number of halogens is 10. The van der Waals surface area contributed by atoms with Crippen molar-refractivity contribution in [3.63, 3.8) is 0 Å². The predicted octanol–water partition coefficient (Wildman–Crippen LogP) is 7.91. The summed E-state index contributed by atoms with van der Waals surface area (Å²) in [5.74, 6) is -18.8. The number of benzene rings is 5. The summed E-state index contributed by atoms with van der Waals surface area (Å²) in [5, 5.41) is -3.03. The van der Waals surface area contributed by atoms with E-state index >= 15 is 0 Å². The lowest BCUT2D eigenvalue weighted by atomic mass is 10.1. The molecule has 5 aromatic carbocycles. The van der Waals surface area contributed by atoms with Crippen LogP contribution in [0.5, 0.6) is 17.2 Å².